The normalized spacial score (nSPS) is 10.2. The van der Waals surface area contributed by atoms with Gasteiger partial charge in [0.25, 0.3) is 0 Å². The van der Waals surface area contributed by atoms with E-state index in [1.165, 1.54) is 0 Å². The van der Waals surface area contributed by atoms with E-state index in [2.05, 4.69) is 25.6 Å². The van der Waals surface area contributed by atoms with Gasteiger partial charge in [0.2, 0.25) is 0 Å². The largest absolute Gasteiger partial charge is 0.477 e. The summed E-state index contributed by atoms with van der Waals surface area (Å²) in [6.45, 7) is 2.13. The van der Waals surface area contributed by atoms with Gasteiger partial charge >= 0.3 is 12.0 Å². The number of aromatic carboxylic acids is 1. The molecule has 0 fully saturated rings. The second-order valence-corrected chi connectivity index (χ2v) is 4.25. The Balaban J connectivity index is 1.86. The molecule has 20 heavy (non-hydrogen) atoms. The molecule has 8 heteroatoms. The fourth-order valence-corrected chi connectivity index (χ4v) is 1.76. The fourth-order valence-electron chi connectivity index (χ4n) is 1.76. The number of anilines is 1. The van der Waals surface area contributed by atoms with Crippen LogP contribution in [0.4, 0.5) is 10.5 Å². The molecule has 0 saturated heterocycles. The first-order valence-corrected chi connectivity index (χ1v) is 6.01. The first-order chi connectivity index (χ1) is 9.56. The Morgan fingerprint density at radius 1 is 1.45 bits per heavy atom. The number of urea groups is 1. The highest BCUT2D eigenvalue weighted by molar-refractivity contribution is 5.99. The fraction of sp³-hybridized carbons (Fsp3) is 0.250. The van der Waals surface area contributed by atoms with E-state index in [-0.39, 0.29) is 11.4 Å². The van der Waals surface area contributed by atoms with Gasteiger partial charge < -0.3 is 25.7 Å². The number of carboxylic acids is 1. The topological polar surface area (TPSA) is 123 Å². The zero-order chi connectivity index (χ0) is 14.5. The van der Waals surface area contributed by atoms with Crippen LogP contribution in [0.2, 0.25) is 0 Å². The molecule has 0 aliphatic heterocycles. The number of carbonyl (C=O) groups excluding carboxylic acids is 1. The van der Waals surface area contributed by atoms with Gasteiger partial charge in [0, 0.05) is 30.6 Å². The number of aromatic amines is 2. The summed E-state index contributed by atoms with van der Waals surface area (Å²) in [5.74, 6) is -1.12. The maximum absolute atomic E-state index is 11.7. The van der Waals surface area contributed by atoms with Gasteiger partial charge in [-0.15, -0.1) is 0 Å². The Kier molecular flexibility index (Phi) is 4.04. The molecule has 0 aromatic carbocycles. The van der Waals surface area contributed by atoms with Crippen molar-refractivity contribution in [2.24, 2.45) is 0 Å². The van der Waals surface area contributed by atoms with Gasteiger partial charge in [-0.05, 0) is 13.0 Å². The summed E-state index contributed by atoms with van der Waals surface area (Å²) in [6.07, 6.45) is 3.86. The molecule has 2 rings (SSSR count). The zero-order valence-electron chi connectivity index (χ0n) is 10.9. The predicted octanol–water partition coefficient (Wildman–Crippen LogP) is 1.11. The van der Waals surface area contributed by atoms with Crippen molar-refractivity contribution in [2.75, 3.05) is 11.9 Å². The van der Waals surface area contributed by atoms with E-state index in [9.17, 15) is 9.59 Å². The van der Waals surface area contributed by atoms with Crippen molar-refractivity contribution < 1.29 is 14.7 Å². The highest BCUT2D eigenvalue weighted by Gasteiger charge is 2.14. The van der Waals surface area contributed by atoms with E-state index in [1.54, 1.807) is 25.5 Å². The second-order valence-electron chi connectivity index (χ2n) is 4.25. The first kappa shape index (κ1) is 13.7. The van der Waals surface area contributed by atoms with Crippen LogP contribution < -0.4 is 10.6 Å². The maximum Gasteiger partial charge on any atom is 0.354 e. The van der Waals surface area contributed by atoms with Crippen LogP contribution >= 0.6 is 0 Å². The molecule has 0 radical (unpaired) electrons. The number of imidazole rings is 1. The average Bonchev–Trinajstić information content (AvgIpc) is 2.99. The van der Waals surface area contributed by atoms with Crippen LogP contribution in [0.15, 0.2) is 18.6 Å². The van der Waals surface area contributed by atoms with Gasteiger partial charge in [-0.3, -0.25) is 0 Å². The lowest BCUT2D eigenvalue weighted by atomic mass is 10.3. The molecule has 0 spiro atoms. The molecular weight excluding hydrogens is 262 g/mol. The average molecular weight is 277 g/mol. The highest BCUT2D eigenvalue weighted by atomic mass is 16.4. The summed E-state index contributed by atoms with van der Waals surface area (Å²) in [7, 11) is 0. The lowest BCUT2D eigenvalue weighted by Crippen LogP contribution is -2.30. The lowest BCUT2D eigenvalue weighted by molar-refractivity contribution is 0.0692. The Morgan fingerprint density at radius 3 is 2.90 bits per heavy atom. The van der Waals surface area contributed by atoms with Gasteiger partial charge in [-0.2, -0.15) is 0 Å². The van der Waals surface area contributed by atoms with Gasteiger partial charge in [-0.25, -0.2) is 14.6 Å². The molecule has 0 bridgehead atoms. The van der Waals surface area contributed by atoms with Crippen LogP contribution in [-0.4, -0.2) is 38.6 Å². The highest BCUT2D eigenvalue weighted by Crippen LogP contribution is 2.16. The molecule has 0 saturated carbocycles. The number of nitrogens with one attached hydrogen (secondary N) is 4. The van der Waals surface area contributed by atoms with Gasteiger partial charge in [0.1, 0.15) is 5.69 Å². The van der Waals surface area contributed by atoms with Crippen molar-refractivity contribution in [3.05, 3.63) is 35.7 Å². The summed E-state index contributed by atoms with van der Waals surface area (Å²) in [4.78, 5) is 32.1. The number of hydrogen-bond acceptors (Lipinski definition) is 3. The molecule has 0 unspecified atom stereocenters. The van der Waals surface area contributed by atoms with E-state index in [4.69, 9.17) is 5.11 Å². The Bertz CT molecular complexity index is 603. The first-order valence-electron chi connectivity index (χ1n) is 6.01. The molecule has 8 nitrogen and oxygen atoms in total. The molecule has 0 aliphatic carbocycles. The van der Waals surface area contributed by atoms with E-state index in [0.717, 1.165) is 5.69 Å². The van der Waals surface area contributed by atoms with E-state index in [0.29, 0.717) is 18.7 Å². The van der Waals surface area contributed by atoms with Crippen LogP contribution in [0.5, 0.6) is 0 Å². The summed E-state index contributed by atoms with van der Waals surface area (Å²) in [5.41, 5.74) is 1.78. The molecule has 2 heterocycles. The van der Waals surface area contributed by atoms with Crippen LogP contribution in [0.1, 0.15) is 21.9 Å². The van der Waals surface area contributed by atoms with Crippen molar-refractivity contribution in [1.82, 2.24) is 20.3 Å². The standard InChI is InChI=1S/C12H15N5O3/c1-7-4-9(10(16-7)11(18)19)17-12(20)14-3-2-8-5-13-6-15-8/h4-6,16H,2-3H2,1H3,(H,13,15)(H,18,19)(H2,14,17,20). The smallest absolute Gasteiger partial charge is 0.354 e. The van der Waals surface area contributed by atoms with Crippen LogP contribution in [-0.2, 0) is 6.42 Å². The van der Waals surface area contributed by atoms with Crippen molar-refractivity contribution in [1.29, 1.82) is 0 Å². The number of carboxylic acid groups (broad SMARTS) is 1. The number of aryl methyl sites for hydroxylation is 1. The van der Waals surface area contributed by atoms with E-state index < -0.39 is 12.0 Å². The summed E-state index contributed by atoms with van der Waals surface area (Å²) in [6, 6.07) is 1.11. The molecular formula is C12H15N5O3. The minimum absolute atomic E-state index is 0.0359. The summed E-state index contributed by atoms with van der Waals surface area (Å²) >= 11 is 0. The van der Waals surface area contributed by atoms with Crippen LogP contribution in [0, 0.1) is 6.92 Å². The number of hydrogen-bond donors (Lipinski definition) is 5. The van der Waals surface area contributed by atoms with Crippen molar-refractivity contribution in [3.63, 3.8) is 0 Å². The van der Waals surface area contributed by atoms with E-state index in [1.807, 2.05) is 0 Å². The number of rotatable bonds is 5. The van der Waals surface area contributed by atoms with E-state index >= 15 is 0 Å². The Hall–Kier alpha value is -2.77. The second kappa shape index (κ2) is 5.91. The van der Waals surface area contributed by atoms with Crippen molar-refractivity contribution >= 4 is 17.7 Å². The number of amides is 2. The quantitative estimate of drug-likeness (QED) is 0.561. The molecule has 2 aromatic heterocycles. The zero-order valence-corrected chi connectivity index (χ0v) is 10.9. The SMILES string of the molecule is Cc1cc(NC(=O)NCCc2cnc[nH]2)c(C(=O)O)[nH]1. The number of aromatic nitrogens is 3. The number of carbonyl (C=O) groups is 2. The number of nitrogens with zero attached hydrogens (tertiary/aromatic N) is 1. The van der Waals surface area contributed by atoms with Crippen molar-refractivity contribution in [3.8, 4) is 0 Å². The van der Waals surface area contributed by atoms with Gasteiger partial charge in [0.15, 0.2) is 0 Å². The number of H-pyrrole nitrogens is 2. The molecule has 2 amide bonds. The maximum atomic E-state index is 11.7. The monoisotopic (exact) mass is 277 g/mol. The molecule has 0 atom stereocenters. The van der Waals surface area contributed by atoms with Crippen LogP contribution in [0.3, 0.4) is 0 Å². The van der Waals surface area contributed by atoms with Crippen molar-refractivity contribution in [2.45, 2.75) is 13.3 Å². The molecule has 2 aromatic rings. The summed E-state index contributed by atoms with van der Waals surface area (Å²) in [5, 5.41) is 14.1. The molecule has 0 aliphatic rings. The Morgan fingerprint density at radius 2 is 2.25 bits per heavy atom. The predicted molar refractivity (Wildman–Crippen MR) is 71.8 cm³/mol. The summed E-state index contributed by atoms with van der Waals surface area (Å²) < 4.78 is 0. The third kappa shape index (κ3) is 3.37. The third-order valence-corrected chi connectivity index (χ3v) is 2.65. The lowest BCUT2D eigenvalue weighted by Gasteiger charge is -2.06. The minimum Gasteiger partial charge on any atom is -0.477 e. The van der Waals surface area contributed by atoms with Gasteiger partial charge in [-0.1, -0.05) is 0 Å². The minimum atomic E-state index is -1.12. The molecule has 106 valence electrons. The van der Waals surface area contributed by atoms with Crippen LogP contribution in [0.25, 0.3) is 0 Å². The third-order valence-electron chi connectivity index (χ3n) is 2.65. The Labute approximate surface area is 114 Å². The van der Waals surface area contributed by atoms with Gasteiger partial charge in [0.05, 0.1) is 12.0 Å². The molecule has 5 N–H and O–H groups in total.